The lowest BCUT2D eigenvalue weighted by atomic mass is 10.0. The Bertz CT molecular complexity index is 625. The Balaban J connectivity index is 1.66. The van der Waals surface area contributed by atoms with Crippen molar-refractivity contribution in [3.05, 3.63) is 35.4 Å². The highest BCUT2D eigenvalue weighted by Gasteiger charge is 2.34. The fourth-order valence-corrected chi connectivity index (χ4v) is 4.08. The van der Waals surface area contributed by atoms with E-state index in [1.807, 2.05) is 36.1 Å². The number of hydrogen-bond acceptors (Lipinski definition) is 4. The molecule has 1 saturated heterocycles. The highest BCUT2D eigenvalue weighted by molar-refractivity contribution is 5.80. The molecule has 1 aromatic rings. The molecule has 25 heavy (non-hydrogen) atoms. The number of amides is 1. The summed E-state index contributed by atoms with van der Waals surface area (Å²) < 4.78 is 5.01. The number of nitrogens with zero attached hydrogens (tertiary/aromatic N) is 1. The average Bonchev–Trinajstić information content (AvgIpc) is 3.31. The zero-order valence-electron chi connectivity index (χ0n) is 15.2. The minimum atomic E-state index is -0.488. The quantitative estimate of drug-likeness (QED) is 0.834. The molecular weight excluding hydrogens is 316 g/mol. The van der Waals surface area contributed by atoms with Gasteiger partial charge in [0.05, 0.1) is 7.11 Å². The van der Waals surface area contributed by atoms with Gasteiger partial charge in [0.2, 0.25) is 5.91 Å². The van der Waals surface area contributed by atoms with Crippen molar-refractivity contribution in [3.8, 4) is 0 Å². The van der Waals surface area contributed by atoms with Gasteiger partial charge in [0.15, 0.2) is 0 Å². The Morgan fingerprint density at radius 3 is 2.60 bits per heavy atom. The van der Waals surface area contributed by atoms with Gasteiger partial charge in [-0.25, -0.2) is 4.79 Å². The van der Waals surface area contributed by atoms with Gasteiger partial charge < -0.3 is 9.64 Å². The van der Waals surface area contributed by atoms with Gasteiger partial charge in [-0.3, -0.25) is 10.1 Å². The molecule has 2 fully saturated rings. The minimum absolute atomic E-state index is 0.119. The van der Waals surface area contributed by atoms with Crippen molar-refractivity contribution in [2.45, 2.75) is 51.1 Å². The molecule has 2 atom stereocenters. The summed E-state index contributed by atoms with van der Waals surface area (Å²) >= 11 is 0. The van der Waals surface area contributed by atoms with E-state index in [1.54, 1.807) is 0 Å². The van der Waals surface area contributed by atoms with Crippen LogP contribution in [0.15, 0.2) is 24.3 Å². The van der Waals surface area contributed by atoms with Crippen molar-refractivity contribution in [1.29, 1.82) is 0 Å². The normalized spacial score (nSPS) is 22.2. The van der Waals surface area contributed by atoms with E-state index in [0.29, 0.717) is 12.5 Å². The van der Waals surface area contributed by atoms with E-state index in [-0.39, 0.29) is 17.9 Å². The second-order valence-corrected chi connectivity index (χ2v) is 7.23. The third-order valence-electron chi connectivity index (χ3n) is 5.54. The van der Waals surface area contributed by atoms with E-state index in [0.717, 1.165) is 36.9 Å². The molecule has 136 valence electrons. The van der Waals surface area contributed by atoms with Crippen molar-refractivity contribution in [1.82, 2.24) is 10.2 Å². The molecule has 0 aromatic heterocycles. The van der Waals surface area contributed by atoms with Crippen molar-refractivity contribution in [2.24, 2.45) is 5.92 Å². The molecule has 0 unspecified atom stereocenters. The van der Waals surface area contributed by atoms with Gasteiger partial charge in [0, 0.05) is 25.0 Å². The maximum absolute atomic E-state index is 12.6. The van der Waals surface area contributed by atoms with Crippen LogP contribution in [0, 0.1) is 12.8 Å². The second kappa shape index (κ2) is 8.00. The van der Waals surface area contributed by atoms with E-state index < -0.39 is 6.04 Å². The number of esters is 1. The molecule has 1 amide bonds. The third-order valence-corrected chi connectivity index (χ3v) is 5.54. The number of ether oxygens (including phenoxy) is 1. The predicted molar refractivity (Wildman–Crippen MR) is 96.0 cm³/mol. The summed E-state index contributed by atoms with van der Waals surface area (Å²) in [4.78, 5) is 26.9. The molecule has 1 aliphatic carbocycles. The maximum atomic E-state index is 12.6. The molecule has 5 heteroatoms. The Morgan fingerprint density at radius 1 is 1.20 bits per heavy atom. The molecule has 1 aliphatic heterocycles. The van der Waals surface area contributed by atoms with Gasteiger partial charge >= 0.3 is 5.97 Å². The predicted octanol–water partition coefficient (Wildman–Crippen LogP) is 2.59. The molecule has 2 aliphatic rings. The summed E-state index contributed by atoms with van der Waals surface area (Å²) in [6.07, 6.45) is 5.27. The molecule has 1 aromatic carbocycles. The number of carbonyl (C=O) groups excluding carboxylic acids is 2. The summed E-state index contributed by atoms with van der Waals surface area (Å²) in [7, 11) is 1.42. The first-order valence-corrected chi connectivity index (χ1v) is 9.28. The number of hydrogen-bond donors (Lipinski definition) is 1. The highest BCUT2D eigenvalue weighted by atomic mass is 16.5. The summed E-state index contributed by atoms with van der Waals surface area (Å²) in [6.45, 7) is 3.45. The summed E-state index contributed by atoms with van der Waals surface area (Å²) in [6, 6.07) is 7.49. The number of nitrogens with one attached hydrogen (secondary N) is 1. The molecule has 1 heterocycles. The molecule has 1 saturated carbocycles. The lowest BCUT2D eigenvalue weighted by Gasteiger charge is -2.24. The number of aryl methyl sites for hydroxylation is 1. The van der Waals surface area contributed by atoms with Crippen LogP contribution in [-0.2, 0) is 14.3 Å². The van der Waals surface area contributed by atoms with Crippen LogP contribution in [0.3, 0.4) is 0 Å². The van der Waals surface area contributed by atoms with Crippen LogP contribution in [0.25, 0.3) is 0 Å². The van der Waals surface area contributed by atoms with Gasteiger partial charge in [-0.05, 0) is 37.3 Å². The first-order chi connectivity index (χ1) is 12.1. The first kappa shape index (κ1) is 17.9. The largest absolute Gasteiger partial charge is 0.468 e. The topological polar surface area (TPSA) is 58.6 Å². The van der Waals surface area contributed by atoms with Crippen molar-refractivity contribution in [2.75, 3.05) is 20.2 Å². The Kier molecular flexibility index (Phi) is 5.74. The van der Waals surface area contributed by atoms with Crippen LogP contribution in [0.4, 0.5) is 0 Å². The van der Waals surface area contributed by atoms with Crippen LogP contribution in [0.1, 0.15) is 49.3 Å². The molecule has 0 bridgehead atoms. The molecule has 0 radical (unpaired) electrons. The van der Waals surface area contributed by atoms with Crippen molar-refractivity contribution >= 4 is 11.9 Å². The van der Waals surface area contributed by atoms with E-state index >= 15 is 0 Å². The molecule has 1 N–H and O–H groups in total. The van der Waals surface area contributed by atoms with Crippen molar-refractivity contribution < 1.29 is 14.3 Å². The maximum Gasteiger partial charge on any atom is 0.327 e. The second-order valence-electron chi connectivity index (χ2n) is 7.23. The Morgan fingerprint density at radius 2 is 1.92 bits per heavy atom. The highest BCUT2D eigenvalue weighted by Crippen LogP contribution is 2.28. The number of methoxy groups -OCH3 is 1. The van der Waals surface area contributed by atoms with Crippen LogP contribution in [0.2, 0.25) is 0 Å². The third kappa shape index (κ3) is 4.03. The molecule has 3 rings (SSSR count). The molecular formula is C20H28N2O3. The van der Waals surface area contributed by atoms with Crippen molar-refractivity contribution in [3.63, 3.8) is 0 Å². The summed E-state index contributed by atoms with van der Waals surface area (Å²) in [5.41, 5.74) is 2.00. The van der Waals surface area contributed by atoms with E-state index in [2.05, 4.69) is 5.32 Å². The SMILES string of the molecule is COC(=O)[C@H](N[C@@H]1CCN(C(=O)C2CCCC2)C1)c1ccccc1C. The first-order valence-electron chi connectivity index (χ1n) is 9.28. The van der Waals surface area contributed by atoms with E-state index in [4.69, 9.17) is 4.74 Å². The standard InChI is InChI=1S/C20H28N2O3/c1-14-7-3-6-10-17(14)18(20(24)25-2)21-16-11-12-22(13-16)19(23)15-8-4-5-9-15/h3,6-7,10,15-16,18,21H,4-5,8-9,11-13H2,1-2H3/t16-,18-/m1/s1. The smallest absolute Gasteiger partial charge is 0.327 e. The van der Waals surface area contributed by atoms with Gasteiger partial charge in [0.1, 0.15) is 6.04 Å². The van der Waals surface area contributed by atoms with Crippen LogP contribution >= 0.6 is 0 Å². The molecule has 5 nitrogen and oxygen atoms in total. The molecule has 0 spiro atoms. The minimum Gasteiger partial charge on any atom is -0.468 e. The lowest BCUT2D eigenvalue weighted by molar-refractivity contribution is -0.143. The Labute approximate surface area is 149 Å². The van der Waals surface area contributed by atoms with Gasteiger partial charge in [0.25, 0.3) is 0 Å². The zero-order chi connectivity index (χ0) is 17.8. The average molecular weight is 344 g/mol. The summed E-state index contributed by atoms with van der Waals surface area (Å²) in [5, 5.41) is 3.43. The summed E-state index contributed by atoms with van der Waals surface area (Å²) in [5.74, 6) is 0.230. The van der Waals surface area contributed by atoms with Crippen LogP contribution < -0.4 is 5.32 Å². The fraction of sp³-hybridized carbons (Fsp3) is 0.600. The Hall–Kier alpha value is -1.88. The number of benzene rings is 1. The van der Waals surface area contributed by atoms with E-state index in [1.165, 1.54) is 20.0 Å². The fourth-order valence-electron chi connectivity index (χ4n) is 4.08. The van der Waals surface area contributed by atoms with E-state index in [9.17, 15) is 9.59 Å². The number of likely N-dealkylation sites (tertiary alicyclic amines) is 1. The number of carbonyl (C=O) groups is 2. The number of rotatable bonds is 5. The van der Waals surface area contributed by atoms with Gasteiger partial charge in [-0.15, -0.1) is 0 Å². The lowest BCUT2D eigenvalue weighted by Crippen LogP contribution is -2.41. The van der Waals surface area contributed by atoms with Crippen LogP contribution in [0.5, 0.6) is 0 Å². The van der Waals surface area contributed by atoms with Crippen LogP contribution in [-0.4, -0.2) is 43.0 Å². The van der Waals surface area contributed by atoms with Gasteiger partial charge in [-0.2, -0.15) is 0 Å². The zero-order valence-corrected chi connectivity index (χ0v) is 15.2. The monoisotopic (exact) mass is 344 g/mol. The van der Waals surface area contributed by atoms with Gasteiger partial charge in [-0.1, -0.05) is 37.1 Å².